The summed E-state index contributed by atoms with van der Waals surface area (Å²) in [6.45, 7) is 12.7. The Balaban J connectivity index is 1.79. The number of amides is 1. The van der Waals surface area contributed by atoms with E-state index in [0.29, 0.717) is 45.1 Å². The van der Waals surface area contributed by atoms with Gasteiger partial charge in [0.05, 0.1) is 32.5 Å². The molecule has 0 saturated carbocycles. The third kappa shape index (κ3) is 5.90. The van der Waals surface area contributed by atoms with E-state index in [4.69, 9.17) is 18.9 Å². The van der Waals surface area contributed by atoms with Gasteiger partial charge >= 0.3 is 0 Å². The van der Waals surface area contributed by atoms with E-state index < -0.39 is 0 Å². The third-order valence-corrected chi connectivity index (χ3v) is 6.84. The molecular formula is C32H39NO5. The Morgan fingerprint density at radius 3 is 2.05 bits per heavy atom. The number of hydrogen-bond acceptors (Lipinski definition) is 5. The first-order chi connectivity index (χ1) is 18.5. The van der Waals surface area contributed by atoms with Crippen molar-refractivity contribution in [2.24, 2.45) is 0 Å². The zero-order chi connectivity index (χ0) is 27.1. The highest BCUT2D eigenvalue weighted by Crippen LogP contribution is 2.41. The summed E-state index contributed by atoms with van der Waals surface area (Å²) in [5.74, 6) is 2.97. The van der Waals surface area contributed by atoms with Gasteiger partial charge in [-0.15, -0.1) is 0 Å². The maximum Gasteiger partial charge on any atom is 0.254 e. The molecule has 0 fully saturated rings. The Bertz CT molecular complexity index is 1250. The van der Waals surface area contributed by atoms with E-state index in [1.165, 1.54) is 5.56 Å². The number of aryl methyl sites for hydroxylation is 1. The fourth-order valence-electron chi connectivity index (χ4n) is 5.12. The van der Waals surface area contributed by atoms with Crippen LogP contribution >= 0.6 is 0 Å². The van der Waals surface area contributed by atoms with E-state index in [1.807, 2.05) is 75.9 Å². The maximum atomic E-state index is 13.9. The summed E-state index contributed by atoms with van der Waals surface area (Å²) in [5, 5.41) is 0. The van der Waals surface area contributed by atoms with Gasteiger partial charge < -0.3 is 23.8 Å². The fraction of sp³-hybridized carbons (Fsp3) is 0.406. The van der Waals surface area contributed by atoms with E-state index in [0.717, 1.165) is 45.9 Å². The smallest absolute Gasteiger partial charge is 0.254 e. The molecule has 3 aromatic rings. The van der Waals surface area contributed by atoms with Crippen LogP contribution in [0.3, 0.4) is 0 Å². The number of benzene rings is 3. The highest BCUT2D eigenvalue weighted by atomic mass is 16.5. The molecule has 1 amide bonds. The zero-order valence-corrected chi connectivity index (χ0v) is 23.2. The van der Waals surface area contributed by atoms with Gasteiger partial charge in [-0.3, -0.25) is 4.79 Å². The summed E-state index contributed by atoms with van der Waals surface area (Å²) in [5.41, 5.74) is 5.06. The molecule has 202 valence electrons. The fourth-order valence-corrected chi connectivity index (χ4v) is 5.12. The minimum atomic E-state index is -0.173. The molecule has 0 aliphatic carbocycles. The predicted molar refractivity (Wildman–Crippen MR) is 150 cm³/mol. The number of ether oxygens (including phenoxy) is 4. The van der Waals surface area contributed by atoms with Crippen LogP contribution < -0.4 is 18.9 Å². The molecule has 0 spiro atoms. The first-order valence-electron chi connectivity index (χ1n) is 13.7. The highest BCUT2D eigenvalue weighted by molar-refractivity contribution is 5.96. The molecule has 0 saturated heterocycles. The summed E-state index contributed by atoms with van der Waals surface area (Å²) in [6, 6.07) is 17.9. The van der Waals surface area contributed by atoms with Gasteiger partial charge in [-0.1, -0.05) is 24.3 Å². The topological polar surface area (TPSA) is 57.2 Å². The van der Waals surface area contributed by atoms with Gasteiger partial charge in [0.1, 0.15) is 0 Å². The lowest BCUT2D eigenvalue weighted by atomic mass is 9.87. The SMILES string of the molecule is CCOc1ccc(C[C@H]2c3cc(OCC)c(OCC)cc3CCN2C(=O)c2ccccc2C)cc1OCC. The van der Waals surface area contributed by atoms with Crippen molar-refractivity contribution in [3.8, 4) is 23.0 Å². The number of nitrogens with zero attached hydrogens (tertiary/aromatic N) is 1. The molecular weight excluding hydrogens is 478 g/mol. The normalized spacial score (nSPS) is 14.6. The summed E-state index contributed by atoms with van der Waals surface area (Å²) >= 11 is 0. The van der Waals surface area contributed by atoms with E-state index in [2.05, 4.69) is 18.2 Å². The maximum absolute atomic E-state index is 13.9. The lowest BCUT2D eigenvalue weighted by Crippen LogP contribution is -2.41. The molecule has 6 heteroatoms. The molecule has 0 radical (unpaired) electrons. The Hall–Kier alpha value is -3.67. The van der Waals surface area contributed by atoms with Crippen molar-refractivity contribution in [1.29, 1.82) is 0 Å². The van der Waals surface area contributed by atoms with Gasteiger partial charge in [0.25, 0.3) is 5.91 Å². The zero-order valence-electron chi connectivity index (χ0n) is 23.2. The Kier molecular flexibility index (Phi) is 9.16. The summed E-state index contributed by atoms with van der Waals surface area (Å²) < 4.78 is 23.6. The summed E-state index contributed by atoms with van der Waals surface area (Å²) in [7, 11) is 0. The van der Waals surface area contributed by atoms with E-state index in [1.54, 1.807) is 0 Å². The van der Waals surface area contributed by atoms with Crippen LogP contribution in [0, 0.1) is 6.92 Å². The van der Waals surface area contributed by atoms with Crippen molar-refractivity contribution >= 4 is 5.91 Å². The largest absolute Gasteiger partial charge is 0.490 e. The number of carbonyl (C=O) groups excluding carboxylic acids is 1. The van der Waals surface area contributed by atoms with E-state index in [9.17, 15) is 4.79 Å². The van der Waals surface area contributed by atoms with Crippen LogP contribution in [0.5, 0.6) is 23.0 Å². The molecule has 1 heterocycles. The van der Waals surface area contributed by atoms with Gasteiger partial charge in [-0.05, 0) is 100 Å². The Morgan fingerprint density at radius 1 is 0.789 bits per heavy atom. The molecule has 1 aliphatic rings. The quantitative estimate of drug-likeness (QED) is 0.288. The van der Waals surface area contributed by atoms with Gasteiger partial charge in [-0.2, -0.15) is 0 Å². The van der Waals surface area contributed by atoms with Crippen LogP contribution in [0.2, 0.25) is 0 Å². The van der Waals surface area contributed by atoms with E-state index in [-0.39, 0.29) is 11.9 Å². The molecule has 0 N–H and O–H groups in total. The van der Waals surface area contributed by atoms with Gasteiger partial charge in [-0.25, -0.2) is 0 Å². The second-order valence-corrected chi connectivity index (χ2v) is 9.29. The van der Waals surface area contributed by atoms with Crippen molar-refractivity contribution in [2.45, 2.75) is 53.5 Å². The Labute approximate surface area is 226 Å². The summed E-state index contributed by atoms with van der Waals surface area (Å²) in [4.78, 5) is 16.0. The first-order valence-corrected chi connectivity index (χ1v) is 13.7. The van der Waals surface area contributed by atoms with Gasteiger partial charge in [0, 0.05) is 12.1 Å². The van der Waals surface area contributed by atoms with Crippen molar-refractivity contribution in [2.75, 3.05) is 33.0 Å². The third-order valence-electron chi connectivity index (χ3n) is 6.84. The first kappa shape index (κ1) is 27.4. The molecule has 1 aliphatic heterocycles. The number of rotatable bonds is 11. The van der Waals surface area contributed by atoms with Crippen molar-refractivity contribution in [3.05, 3.63) is 82.4 Å². The second kappa shape index (κ2) is 12.7. The monoisotopic (exact) mass is 517 g/mol. The molecule has 6 nitrogen and oxygen atoms in total. The summed E-state index contributed by atoms with van der Waals surface area (Å²) in [6.07, 6.45) is 1.39. The van der Waals surface area contributed by atoms with Crippen molar-refractivity contribution in [3.63, 3.8) is 0 Å². The standard InChI is InChI=1S/C32H39NO5/c1-6-35-28-15-14-23(19-29(28)36-7-2)18-27-26-21-31(38-9-4)30(37-8-3)20-24(26)16-17-33(27)32(34)25-13-11-10-12-22(25)5/h10-15,19-21,27H,6-9,16-18H2,1-5H3/t27-/m0/s1. The predicted octanol–water partition coefficient (Wildman–Crippen LogP) is 6.57. The highest BCUT2D eigenvalue weighted by Gasteiger charge is 2.33. The minimum absolute atomic E-state index is 0.0431. The van der Waals surface area contributed by atoms with Crippen LogP contribution in [0.4, 0.5) is 0 Å². The lowest BCUT2D eigenvalue weighted by molar-refractivity contribution is 0.0658. The van der Waals surface area contributed by atoms with Crippen LogP contribution in [0.25, 0.3) is 0 Å². The molecule has 0 aromatic heterocycles. The van der Waals surface area contributed by atoms with Crippen LogP contribution in [0.1, 0.15) is 66.3 Å². The second-order valence-electron chi connectivity index (χ2n) is 9.29. The molecule has 0 unspecified atom stereocenters. The van der Waals surface area contributed by atoms with Crippen LogP contribution in [-0.4, -0.2) is 43.8 Å². The number of carbonyl (C=O) groups is 1. The minimum Gasteiger partial charge on any atom is -0.490 e. The van der Waals surface area contributed by atoms with Crippen LogP contribution in [0.15, 0.2) is 54.6 Å². The van der Waals surface area contributed by atoms with Crippen molar-refractivity contribution in [1.82, 2.24) is 4.90 Å². The van der Waals surface area contributed by atoms with E-state index >= 15 is 0 Å². The lowest BCUT2D eigenvalue weighted by Gasteiger charge is -2.38. The Morgan fingerprint density at radius 2 is 1.39 bits per heavy atom. The van der Waals surface area contributed by atoms with Gasteiger partial charge in [0.2, 0.25) is 0 Å². The molecule has 1 atom stereocenters. The van der Waals surface area contributed by atoms with Gasteiger partial charge in [0.15, 0.2) is 23.0 Å². The van der Waals surface area contributed by atoms with Crippen LogP contribution in [-0.2, 0) is 12.8 Å². The molecule has 0 bridgehead atoms. The van der Waals surface area contributed by atoms with Crippen molar-refractivity contribution < 1.29 is 23.7 Å². The number of fused-ring (bicyclic) bond motifs is 1. The molecule has 3 aromatic carbocycles. The number of hydrogen-bond donors (Lipinski definition) is 0. The molecule has 38 heavy (non-hydrogen) atoms. The average molecular weight is 518 g/mol. The molecule has 4 rings (SSSR count). The average Bonchev–Trinajstić information content (AvgIpc) is 2.91.